The summed E-state index contributed by atoms with van der Waals surface area (Å²) in [5, 5.41) is 0. The maximum absolute atomic E-state index is 11.7. The Bertz CT molecular complexity index is 395. The molecule has 5 heteroatoms. The van der Waals surface area contributed by atoms with Crippen LogP contribution in [0.25, 0.3) is 0 Å². The van der Waals surface area contributed by atoms with E-state index >= 15 is 0 Å². The van der Waals surface area contributed by atoms with Crippen LogP contribution in [0, 0.1) is 16.7 Å². The Morgan fingerprint density at radius 2 is 2.06 bits per heavy atom. The van der Waals surface area contributed by atoms with E-state index in [1.54, 1.807) is 0 Å². The van der Waals surface area contributed by atoms with Crippen molar-refractivity contribution in [3.8, 4) is 0 Å². The molecule has 3 fully saturated rings. The van der Waals surface area contributed by atoms with E-state index in [2.05, 4.69) is 13.8 Å². The third-order valence-corrected chi connectivity index (χ3v) is 7.79. The van der Waals surface area contributed by atoms with Crippen LogP contribution in [-0.2, 0) is 4.79 Å². The van der Waals surface area contributed by atoms with E-state index in [0.29, 0.717) is 11.7 Å². The number of hydrogen-bond acceptors (Lipinski definition) is 3. The van der Waals surface area contributed by atoms with Crippen LogP contribution in [0.5, 0.6) is 0 Å². The first kappa shape index (κ1) is 11.8. The molecule has 17 heavy (non-hydrogen) atoms. The van der Waals surface area contributed by atoms with Gasteiger partial charge in [-0.05, 0) is 30.6 Å². The summed E-state index contributed by atoms with van der Waals surface area (Å²) >= 11 is 0. The van der Waals surface area contributed by atoms with Crippen LogP contribution in [0.3, 0.4) is 0 Å². The van der Waals surface area contributed by atoms with Gasteiger partial charge in [0.15, 0.2) is 0 Å². The van der Waals surface area contributed by atoms with Gasteiger partial charge in [-0.25, -0.2) is 4.31 Å². The molecule has 2 saturated carbocycles. The van der Waals surface area contributed by atoms with Crippen LogP contribution < -0.4 is 0 Å². The normalized spacial score (nSPS) is 47.0. The fraction of sp³-hybridized carbons (Fsp3) is 0.917. The topological polar surface area (TPSA) is 60.8 Å². The molecule has 0 aromatic carbocycles. The third-order valence-electron chi connectivity index (χ3n) is 5.75. The summed E-state index contributed by atoms with van der Waals surface area (Å²) in [6.45, 7) is 5.93. The molecule has 1 aliphatic heterocycles. The molecule has 2 aliphatic carbocycles. The zero-order valence-corrected chi connectivity index (χ0v) is 11.5. The highest BCUT2D eigenvalue weighted by atomic mass is 32.3. The van der Waals surface area contributed by atoms with Crippen molar-refractivity contribution in [1.82, 2.24) is 4.31 Å². The summed E-state index contributed by atoms with van der Waals surface area (Å²) in [4.78, 5) is 11.7. The number of rotatable bonds is 0. The van der Waals surface area contributed by atoms with Gasteiger partial charge in [-0.2, -0.15) is 0 Å². The van der Waals surface area contributed by atoms with Gasteiger partial charge in [-0.15, -0.1) is 10.8 Å². The Labute approximate surface area is 104 Å². The molecule has 0 unspecified atom stereocenters. The predicted octanol–water partition coefficient (Wildman–Crippen LogP) is 2.71. The van der Waals surface area contributed by atoms with Gasteiger partial charge in [0.2, 0.25) is 5.91 Å². The van der Waals surface area contributed by atoms with Gasteiger partial charge >= 0.3 is 0 Å². The molecule has 0 radical (unpaired) electrons. The van der Waals surface area contributed by atoms with Crippen LogP contribution >= 0.6 is 10.8 Å². The highest BCUT2D eigenvalue weighted by Crippen LogP contribution is 2.76. The minimum Gasteiger partial charge on any atom is -0.282 e. The summed E-state index contributed by atoms with van der Waals surface area (Å²) in [7, 11) is -2.88. The third kappa shape index (κ3) is 1.15. The Morgan fingerprint density at radius 3 is 2.59 bits per heavy atom. The lowest BCUT2D eigenvalue weighted by molar-refractivity contribution is -0.127. The van der Waals surface area contributed by atoms with Crippen molar-refractivity contribution in [3.63, 3.8) is 0 Å². The highest BCUT2D eigenvalue weighted by molar-refractivity contribution is 8.22. The SMILES string of the molecule is CC(=O)N1[C@H]2C[C@@H]3CC[C@@]2(CS1(O)O)C3(C)C. The Kier molecular flexibility index (Phi) is 2.09. The summed E-state index contributed by atoms with van der Waals surface area (Å²) in [5.74, 6) is 0.841. The fourth-order valence-corrected chi connectivity index (χ4v) is 7.39. The fourth-order valence-electron chi connectivity index (χ4n) is 4.74. The molecule has 1 saturated heterocycles. The maximum Gasteiger partial charge on any atom is 0.237 e. The molecule has 0 aromatic rings. The monoisotopic (exact) mass is 259 g/mol. The first-order chi connectivity index (χ1) is 7.72. The molecule has 0 aromatic heterocycles. The van der Waals surface area contributed by atoms with Crippen LogP contribution in [0.2, 0.25) is 0 Å². The van der Waals surface area contributed by atoms with Gasteiger partial charge in [0.25, 0.3) is 0 Å². The maximum atomic E-state index is 11.7. The van der Waals surface area contributed by atoms with Gasteiger partial charge in [-0.3, -0.25) is 13.9 Å². The summed E-state index contributed by atoms with van der Waals surface area (Å²) in [5.41, 5.74) is 0.0771. The van der Waals surface area contributed by atoms with E-state index < -0.39 is 10.8 Å². The average Bonchev–Trinajstić information content (AvgIpc) is 2.62. The van der Waals surface area contributed by atoms with E-state index in [0.717, 1.165) is 12.8 Å². The predicted molar refractivity (Wildman–Crippen MR) is 67.6 cm³/mol. The molecule has 3 atom stereocenters. The number of hydrogen-bond donors (Lipinski definition) is 2. The number of amides is 1. The molecule has 3 rings (SSSR count). The Morgan fingerprint density at radius 1 is 1.41 bits per heavy atom. The van der Waals surface area contributed by atoms with Gasteiger partial charge in [0.05, 0.1) is 11.8 Å². The zero-order valence-electron chi connectivity index (χ0n) is 10.6. The summed E-state index contributed by atoms with van der Waals surface area (Å²) < 4.78 is 21.9. The number of carbonyl (C=O) groups excluding carboxylic acids is 1. The number of carbonyl (C=O) groups is 1. The first-order valence-electron chi connectivity index (χ1n) is 6.28. The molecular weight excluding hydrogens is 238 g/mol. The van der Waals surface area contributed by atoms with Crippen molar-refractivity contribution in [1.29, 1.82) is 0 Å². The number of fused-ring (bicyclic) bond motifs is 1. The summed E-state index contributed by atoms with van der Waals surface area (Å²) in [6, 6.07) is 0.0544. The second-order valence-electron chi connectivity index (χ2n) is 6.49. The van der Waals surface area contributed by atoms with E-state index in [4.69, 9.17) is 0 Å². The average molecular weight is 259 g/mol. The Hall–Kier alpha value is -0.260. The van der Waals surface area contributed by atoms with Crippen LogP contribution in [0.1, 0.15) is 40.0 Å². The highest BCUT2D eigenvalue weighted by Gasteiger charge is 2.71. The largest absolute Gasteiger partial charge is 0.282 e. The lowest BCUT2D eigenvalue weighted by Gasteiger charge is -2.39. The molecule has 1 spiro atoms. The van der Waals surface area contributed by atoms with Crippen molar-refractivity contribution >= 4 is 16.7 Å². The van der Waals surface area contributed by atoms with Crippen molar-refractivity contribution in [2.24, 2.45) is 16.7 Å². The molecule has 2 bridgehead atoms. The molecular formula is C12H21NO3S. The van der Waals surface area contributed by atoms with Crippen LogP contribution in [0.15, 0.2) is 0 Å². The van der Waals surface area contributed by atoms with E-state index in [9.17, 15) is 13.9 Å². The van der Waals surface area contributed by atoms with Gasteiger partial charge in [-0.1, -0.05) is 13.8 Å². The number of nitrogens with zero attached hydrogens (tertiary/aromatic N) is 1. The van der Waals surface area contributed by atoms with E-state index in [1.165, 1.54) is 17.6 Å². The van der Waals surface area contributed by atoms with Gasteiger partial charge < -0.3 is 0 Å². The van der Waals surface area contributed by atoms with E-state index in [1.807, 2.05) is 0 Å². The quantitative estimate of drug-likeness (QED) is 0.703. The lowest BCUT2D eigenvalue weighted by atomic mass is 9.69. The summed E-state index contributed by atoms with van der Waals surface area (Å²) in [6.07, 6.45) is 3.15. The van der Waals surface area contributed by atoms with Crippen LogP contribution in [0.4, 0.5) is 0 Å². The molecule has 1 amide bonds. The van der Waals surface area contributed by atoms with E-state index in [-0.39, 0.29) is 22.8 Å². The molecule has 3 aliphatic rings. The lowest BCUT2D eigenvalue weighted by Crippen LogP contribution is -2.42. The van der Waals surface area contributed by atoms with Crippen molar-refractivity contribution in [2.45, 2.75) is 46.1 Å². The van der Waals surface area contributed by atoms with Crippen molar-refractivity contribution in [3.05, 3.63) is 0 Å². The minimum absolute atomic E-state index is 0.0534. The van der Waals surface area contributed by atoms with Gasteiger partial charge in [0, 0.05) is 12.3 Å². The van der Waals surface area contributed by atoms with Crippen molar-refractivity contribution < 1.29 is 13.9 Å². The minimum atomic E-state index is -2.88. The second-order valence-corrected chi connectivity index (χ2v) is 8.43. The first-order valence-corrected chi connectivity index (χ1v) is 7.95. The molecule has 4 nitrogen and oxygen atoms in total. The van der Waals surface area contributed by atoms with Crippen molar-refractivity contribution in [2.75, 3.05) is 5.75 Å². The standard InChI is InChI=1S/C12H21NO3S/c1-8(14)13-10-6-9-4-5-12(10,11(9,2)3)7-17(13,15)16/h9-10,15-16H,4-7H2,1-3H3/t9-,10-,12-/m0/s1. The molecule has 2 N–H and O–H groups in total. The van der Waals surface area contributed by atoms with Gasteiger partial charge in [0.1, 0.15) is 0 Å². The Balaban J connectivity index is 2.09. The smallest absolute Gasteiger partial charge is 0.237 e. The molecule has 98 valence electrons. The zero-order chi connectivity index (χ0) is 12.6. The second kappa shape index (κ2) is 3.00. The van der Waals surface area contributed by atoms with Crippen LogP contribution in [-0.4, -0.2) is 31.1 Å². The molecule has 1 heterocycles.